The molecule has 1 heterocycles. The van der Waals surface area contributed by atoms with Gasteiger partial charge in [-0.05, 0) is 59.2 Å². The third-order valence-corrected chi connectivity index (χ3v) is 5.14. The van der Waals surface area contributed by atoms with Gasteiger partial charge in [0.05, 0.1) is 10.0 Å². The quantitative estimate of drug-likeness (QED) is 0.120. The van der Waals surface area contributed by atoms with Crippen LogP contribution in [-0.2, 0) is 0 Å². The minimum atomic E-state index is -0.522. The molecule has 33 heavy (non-hydrogen) atoms. The number of nitro benzene ring substituents is 1. The van der Waals surface area contributed by atoms with Crippen LogP contribution in [-0.4, -0.2) is 10.0 Å². The van der Waals surface area contributed by atoms with E-state index in [4.69, 9.17) is 0 Å². The van der Waals surface area contributed by atoms with E-state index in [2.05, 4.69) is 31.3 Å². The standard InChI is InChI=1S/C24H16BrN5O3/c25-19-12-8-17(9-13-19)22-7-4-16-29(28-22)24(27-26-20-5-2-1-3-6-20)23(31)18-10-14-21(15-11-18)30(32)33/h1-16H. The molecule has 1 aromatic heterocycles. The first-order chi connectivity index (χ1) is 16.0. The highest BCUT2D eigenvalue weighted by Gasteiger charge is 2.17. The maximum atomic E-state index is 13.3. The summed E-state index contributed by atoms with van der Waals surface area (Å²) in [6, 6.07) is 25.5. The summed E-state index contributed by atoms with van der Waals surface area (Å²) in [5, 5.41) is 37.2. The molecule has 3 aromatic carbocycles. The predicted octanol–water partition coefficient (Wildman–Crippen LogP) is 5.13. The molecular weight excluding hydrogens is 486 g/mol. The normalized spacial score (nSPS) is 11.9. The Morgan fingerprint density at radius 1 is 0.909 bits per heavy atom. The highest BCUT2D eigenvalue weighted by atomic mass is 79.9. The van der Waals surface area contributed by atoms with Crippen molar-refractivity contribution in [1.29, 1.82) is 0 Å². The van der Waals surface area contributed by atoms with Crippen molar-refractivity contribution in [3.8, 4) is 11.3 Å². The smallest absolute Gasteiger partial charge is 0.368 e. The molecule has 9 heteroatoms. The van der Waals surface area contributed by atoms with Crippen LogP contribution in [0.1, 0.15) is 5.56 Å². The average molecular weight is 502 g/mol. The number of hydrogen-bond donors (Lipinski definition) is 0. The zero-order valence-electron chi connectivity index (χ0n) is 17.1. The van der Waals surface area contributed by atoms with Crippen molar-refractivity contribution in [3.63, 3.8) is 0 Å². The molecule has 0 fully saturated rings. The van der Waals surface area contributed by atoms with Crippen molar-refractivity contribution < 1.29 is 14.7 Å². The van der Waals surface area contributed by atoms with Gasteiger partial charge in [-0.1, -0.05) is 56.0 Å². The Morgan fingerprint density at radius 3 is 2.27 bits per heavy atom. The summed E-state index contributed by atoms with van der Waals surface area (Å²) in [4.78, 5) is 10.4. The Balaban J connectivity index is 1.81. The molecule has 0 radical (unpaired) electrons. The first-order valence-corrected chi connectivity index (χ1v) is 10.6. The summed E-state index contributed by atoms with van der Waals surface area (Å²) >= 11 is 3.41. The molecule has 0 bridgehead atoms. The van der Waals surface area contributed by atoms with Gasteiger partial charge in [0.15, 0.2) is 0 Å². The molecule has 0 aliphatic carbocycles. The van der Waals surface area contributed by atoms with Crippen LogP contribution < -0.4 is 9.79 Å². The van der Waals surface area contributed by atoms with Crippen molar-refractivity contribution in [2.75, 3.05) is 0 Å². The Hall–Kier alpha value is -4.24. The van der Waals surface area contributed by atoms with Gasteiger partial charge in [0.1, 0.15) is 17.6 Å². The first kappa shape index (κ1) is 22.0. The monoisotopic (exact) mass is 501 g/mol. The van der Waals surface area contributed by atoms with E-state index in [1.807, 2.05) is 48.5 Å². The topological polar surface area (TPSA) is 108 Å². The fraction of sp³-hybridized carbons (Fsp3) is 0. The first-order valence-electron chi connectivity index (χ1n) is 9.79. The van der Waals surface area contributed by atoms with E-state index >= 15 is 0 Å². The number of benzene rings is 3. The van der Waals surface area contributed by atoms with Gasteiger partial charge in [0.2, 0.25) is 0 Å². The van der Waals surface area contributed by atoms with Crippen LogP contribution in [0, 0.1) is 10.1 Å². The molecule has 0 atom stereocenters. The Morgan fingerprint density at radius 2 is 1.61 bits per heavy atom. The van der Waals surface area contributed by atoms with Gasteiger partial charge < -0.3 is 5.11 Å². The fourth-order valence-corrected chi connectivity index (χ4v) is 3.21. The van der Waals surface area contributed by atoms with Crippen molar-refractivity contribution in [2.24, 2.45) is 10.2 Å². The number of hydrogen-bond acceptors (Lipinski definition) is 6. The second-order valence-electron chi connectivity index (χ2n) is 6.84. The van der Waals surface area contributed by atoms with E-state index in [0.717, 1.165) is 10.0 Å². The lowest BCUT2D eigenvalue weighted by Gasteiger charge is -2.11. The van der Waals surface area contributed by atoms with Gasteiger partial charge in [-0.25, -0.2) is 0 Å². The third-order valence-electron chi connectivity index (χ3n) is 4.61. The highest BCUT2D eigenvalue weighted by molar-refractivity contribution is 9.10. The molecule has 0 unspecified atom stereocenters. The van der Waals surface area contributed by atoms with Gasteiger partial charge in [0.25, 0.3) is 5.69 Å². The minimum absolute atomic E-state index is 0.0494. The van der Waals surface area contributed by atoms with Crippen LogP contribution in [0.3, 0.4) is 0 Å². The molecule has 0 spiro atoms. The van der Waals surface area contributed by atoms with Crippen molar-refractivity contribution >= 4 is 38.9 Å². The van der Waals surface area contributed by atoms with Gasteiger partial charge in [-0.3, -0.25) is 10.1 Å². The van der Waals surface area contributed by atoms with Crippen molar-refractivity contribution in [1.82, 2.24) is 5.10 Å². The number of aromatic nitrogens is 2. The van der Waals surface area contributed by atoms with Gasteiger partial charge in [-0.15, -0.1) is 0 Å². The molecule has 0 aliphatic rings. The average Bonchev–Trinajstić information content (AvgIpc) is 2.85. The molecule has 0 saturated carbocycles. The van der Waals surface area contributed by atoms with Crippen LogP contribution in [0.15, 0.2) is 112 Å². The summed E-state index contributed by atoms with van der Waals surface area (Å²) in [5.74, 6) is -0.526. The summed E-state index contributed by atoms with van der Waals surface area (Å²) in [6.45, 7) is 0. The maximum absolute atomic E-state index is 13.3. The summed E-state index contributed by atoms with van der Waals surface area (Å²) in [6.07, 6.45) is 1.60. The van der Waals surface area contributed by atoms with E-state index in [1.165, 1.54) is 28.9 Å². The van der Waals surface area contributed by atoms with E-state index < -0.39 is 10.7 Å². The number of halogens is 1. The highest BCUT2D eigenvalue weighted by Crippen LogP contribution is 2.22. The third kappa shape index (κ3) is 5.34. The lowest BCUT2D eigenvalue weighted by molar-refractivity contribution is -0.648. The lowest BCUT2D eigenvalue weighted by Crippen LogP contribution is -2.37. The number of azo groups is 1. The molecule has 0 saturated heterocycles. The molecular formula is C24H16BrN5O3. The van der Waals surface area contributed by atoms with E-state index in [1.54, 1.807) is 24.4 Å². The van der Waals surface area contributed by atoms with Gasteiger partial charge >= 0.3 is 5.82 Å². The summed E-state index contributed by atoms with van der Waals surface area (Å²) in [5.41, 5.74) is 2.17. The molecule has 0 N–H and O–H groups in total. The van der Waals surface area contributed by atoms with Crippen molar-refractivity contribution in [2.45, 2.75) is 0 Å². The summed E-state index contributed by atoms with van der Waals surface area (Å²) < 4.78 is 2.29. The Labute approximate surface area is 197 Å². The molecule has 4 rings (SSSR count). The van der Waals surface area contributed by atoms with Gasteiger partial charge in [0, 0.05) is 27.9 Å². The van der Waals surface area contributed by atoms with Crippen LogP contribution in [0.2, 0.25) is 0 Å². The van der Waals surface area contributed by atoms with Gasteiger partial charge in [-0.2, -0.15) is 0 Å². The zero-order valence-corrected chi connectivity index (χ0v) is 18.7. The number of nitrogens with zero attached hydrogens (tertiary/aromatic N) is 5. The predicted molar refractivity (Wildman–Crippen MR) is 125 cm³/mol. The molecule has 0 amide bonds. The largest absolute Gasteiger partial charge is 0.866 e. The van der Waals surface area contributed by atoms with Crippen molar-refractivity contribution in [3.05, 3.63) is 117 Å². The summed E-state index contributed by atoms with van der Waals surface area (Å²) in [7, 11) is 0. The Bertz CT molecular complexity index is 1340. The second kappa shape index (κ2) is 9.92. The van der Waals surface area contributed by atoms with E-state index in [9.17, 15) is 15.2 Å². The lowest BCUT2D eigenvalue weighted by atomic mass is 10.1. The minimum Gasteiger partial charge on any atom is -0.866 e. The number of nitro groups is 1. The molecule has 0 aliphatic heterocycles. The van der Waals surface area contributed by atoms with E-state index in [-0.39, 0.29) is 17.1 Å². The SMILES string of the molecule is O=[N+]([O-])c1ccc(/C([O-])=C(\N=Nc2ccccc2)[n+]2cccc(-c3ccc(Br)cc3)n2)cc1. The van der Waals surface area contributed by atoms with E-state index in [0.29, 0.717) is 11.4 Å². The maximum Gasteiger partial charge on any atom is 0.368 e. The molecule has 8 nitrogen and oxygen atoms in total. The van der Waals surface area contributed by atoms with Crippen LogP contribution in [0.5, 0.6) is 0 Å². The number of non-ortho nitro benzene ring substituents is 1. The number of rotatable bonds is 6. The second-order valence-corrected chi connectivity index (χ2v) is 7.75. The Kier molecular flexibility index (Phi) is 6.61. The van der Waals surface area contributed by atoms with Crippen LogP contribution in [0.4, 0.5) is 11.4 Å². The van der Waals surface area contributed by atoms with Crippen LogP contribution in [0.25, 0.3) is 22.8 Å². The molecule has 162 valence electrons. The molecule has 4 aromatic rings. The zero-order chi connectivity index (χ0) is 23.2. The van der Waals surface area contributed by atoms with Crippen LogP contribution >= 0.6 is 15.9 Å². The fourth-order valence-electron chi connectivity index (χ4n) is 2.95.